The molecule has 0 aromatic heterocycles. The number of hydrogen-bond donors (Lipinski definition) is 0. The van der Waals surface area contributed by atoms with Gasteiger partial charge in [0.2, 0.25) is 0 Å². The minimum Gasteiger partial charge on any atom is -1.00 e. The monoisotopic (exact) mass is 764 g/mol. The molecule has 0 amide bonds. The number of fused-ring (bicyclic) bond motifs is 2. The first-order valence-corrected chi connectivity index (χ1v) is 19.2. The van der Waals surface area contributed by atoms with Gasteiger partial charge < -0.3 is 24.8 Å². The Kier molecular flexibility index (Phi) is 11.1. The molecule has 248 valence electrons. The van der Waals surface area contributed by atoms with Gasteiger partial charge >= 0.3 is 28.4 Å². The zero-order chi connectivity index (χ0) is 32.8. The van der Waals surface area contributed by atoms with Crippen molar-refractivity contribution >= 4 is 47.3 Å². The van der Waals surface area contributed by atoms with Gasteiger partial charge in [-0.15, -0.1) is 81.2 Å². The van der Waals surface area contributed by atoms with E-state index in [-0.39, 0.29) is 24.8 Å². The third-order valence-corrected chi connectivity index (χ3v) is 11.1. The van der Waals surface area contributed by atoms with Crippen molar-refractivity contribution in [2.24, 2.45) is 0 Å². The largest absolute Gasteiger partial charge is 1.00 e. The van der Waals surface area contributed by atoms with Crippen molar-refractivity contribution in [2.75, 3.05) is 0 Å². The van der Waals surface area contributed by atoms with Gasteiger partial charge in [0.1, 0.15) is 0 Å². The van der Waals surface area contributed by atoms with Crippen LogP contribution in [0.25, 0.3) is 43.1 Å². The summed E-state index contributed by atoms with van der Waals surface area (Å²) in [5.41, 5.74) is 9.05. The maximum atomic E-state index is 3.34. The van der Waals surface area contributed by atoms with Gasteiger partial charge in [-0.2, -0.15) is 12.1 Å². The molecule has 50 heavy (non-hydrogen) atoms. The molecule has 0 spiro atoms. The molecular formula is C47H40Cl2Zr-2. The summed E-state index contributed by atoms with van der Waals surface area (Å²) in [4.78, 5) is 0. The fraction of sp³-hybridized carbons (Fsp3) is 0.170. The zero-order valence-corrected chi connectivity index (χ0v) is 32.5. The molecule has 0 aliphatic heterocycles. The Morgan fingerprint density at radius 1 is 0.460 bits per heavy atom. The van der Waals surface area contributed by atoms with Crippen LogP contribution in [0.3, 0.4) is 0 Å². The van der Waals surface area contributed by atoms with E-state index in [4.69, 9.17) is 0 Å². The molecule has 0 bridgehead atoms. The van der Waals surface area contributed by atoms with Crippen LogP contribution in [0.1, 0.15) is 83.7 Å². The number of hydrogen-bond acceptors (Lipinski definition) is 0. The van der Waals surface area contributed by atoms with Crippen molar-refractivity contribution < 1.29 is 49.0 Å². The zero-order valence-electron chi connectivity index (χ0n) is 28.5. The summed E-state index contributed by atoms with van der Waals surface area (Å²) in [6.45, 7) is 4.65. The van der Waals surface area contributed by atoms with Crippen LogP contribution >= 0.6 is 0 Å². The average molecular weight is 767 g/mol. The predicted molar refractivity (Wildman–Crippen MR) is 204 cm³/mol. The van der Waals surface area contributed by atoms with Crippen molar-refractivity contribution in [3.63, 3.8) is 0 Å². The van der Waals surface area contributed by atoms with Gasteiger partial charge in [-0.25, -0.2) is 0 Å². The summed E-state index contributed by atoms with van der Waals surface area (Å²) >= 11 is 1.30. The summed E-state index contributed by atoms with van der Waals surface area (Å²) in [5.74, 6) is 2.17. The van der Waals surface area contributed by atoms with Gasteiger partial charge in [0.15, 0.2) is 0 Å². The van der Waals surface area contributed by atoms with Gasteiger partial charge in [-0.05, 0) is 80.3 Å². The molecule has 4 unspecified atom stereocenters. The van der Waals surface area contributed by atoms with Crippen LogP contribution in [-0.4, -0.2) is 4.21 Å². The molecule has 0 saturated carbocycles. The first-order valence-electron chi connectivity index (χ1n) is 17.4. The fourth-order valence-electron chi connectivity index (χ4n) is 9.17. The molecule has 0 N–H and O–H groups in total. The van der Waals surface area contributed by atoms with Crippen LogP contribution in [0, 0.1) is 0 Å². The smallest absolute Gasteiger partial charge is 1.00 e. The van der Waals surface area contributed by atoms with Crippen molar-refractivity contribution in [1.29, 1.82) is 0 Å². The second-order valence-electron chi connectivity index (χ2n) is 13.4. The molecule has 8 aromatic carbocycles. The number of rotatable bonds is 4. The van der Waals surface area contributed by atoms with Crippen molar-refractivity contribution in [3.05, 3.63) is 179 Å². The van der Waals surface area contributed by atoms with Crippen molar-refractivity contribution in [3.8, 4) is 0 Å². The minimum atomic E-state index is 0. The molecule has 0 heterocycles. The second-order valence-corrected chi connectivity index (χ2v) is 13.4. The van der Waals surface area contributed by atoms with E-state index in [1.54, 1.807) is 0 Å². The minimum absolute atomic E-state index is 0. The molecule has 0 fully saturated rings. The summed E-state index contributed by atoms with van der Waals surface area (Å²) in [6, 6.07) is 54.2. The Labute approximate surface area is 323 Å². The SMILES string of the molecule is CCC1c2cccc3cccc(c23)C1c1cc2ccccc2[cH-]1.CCC1c2cccc3cccc(c23)C1c1cc2ccccc2[cH-]1.[CH2]=[Zr+2].[Cl-].[Cl-]. The normalized spacial score (nSPS) is 18.2. The van der Waals surface area contributed by atoms with E-state index in [0.717, 1.165) is 0 Å². The standard InChI is InChI=1S/2C23H19.CH2.2ClH.Zr/c2*1-2-19-20-11-5-9-15-10-6-12-21(22(15)20)23(19)18-13-16-7-3-4-8-17(16)14-18;;;;/h2*3-14,19,23H,2H2,1H3;1H2;2*1H;/q2*-1;;;;+2/p-2. The fourth-order valence-corrected chi connectivity index (χ4v) is 9.17. The molecule has 4 atom stereocenters. The second kappa shape index (κ2) is 15.3. The van der Waals surface area contributed by atoms with E-state index < -0.39 is 0 Å². The van der Waals surface area contributed by atoms with Gasteiger partial charge in [0.05, 0.1) is 0 Å². The molecule has 0 nitrogen and oxygen atoms in total. The predicted octanol–water partition coefficient (Wildman–Crippen LogP) is 6.68. The van der Waals surface area contributed by atoms with Crippen LogP contribution in [0.4, 0.5) is 0 Å². The summed E-state index contributed by atoms with van der Waals surface area (Å²) in [7, 11) is 0. The summed E-state index contributed by atoms with van der Waals surface area (Å²) < 4.78 is 3.34. The first kappa shape index (κ1) is 36.2. The van der Waals surface area contributed by atoms with E-state index in [9.17, 15) is 0 Å². The molecule has 3 heteroatoms. The maximum absolute atomic E-state index is 3.34. The maximum Gasteiger partial charge on any atom is -1.00 e. The molecule has 10 rings (SSSR count). The third kappa shape index (κ3) is 5.96. The third-order valence-electron chi connectivity index (χ3n) is 11.1. The van der Waals surface area contributed by atoms with E-state index in [1.807, 2.05) is 0 Å². The quantitative estimate of drug-likeness (QED) is 0.176. The molecule has 8 aromatic rings. The van der Waals surface area contributed by atoms with Crippen LogP contribution < -0.4 is 24.8 Å². The summed E-state index contributed by atoms with van der Waals surface area (Å²) in [6.07, 6.45) is 2.36. The Balaban J connectivity index is 0.000000159. The van der Waals surface area contributed by atoms with Crippen LogP contribution in [0.15, 0.2) is 146 Å². The Morgan fingerprint density at radius 3 is 1.16 bits per heavy atom. The molecule has 0 saturated heterocycles. The van der Waals surface area contributed by atoms with Crippen LogP contribution in [-0.2, 0) is 24.2 Å². The van der Waals surface area contributed by atoms with E-state index in [2.05, 4.69) is 164 Å². The van der Waals surface area contributed by atoms with E-state index >= 15 is 0 Å². The topological polar surface area (TPSA) is 0 Å². The number of benzene rings is 6. The Morgan fingerprint density at radius 2 is 0.800 bits per heavy atom. The molecule has 2 aliphatic rings. The van der Waals surface area contributed by atoms with Gasteiger partial charge in [-0.3, -0.25) is 0 Å². The Bertz CT molecular complexity index is 2170. The number of halogens is 2. The molecule has 2 aliphatic carbocycles. The molecule has 0 radical (unpaired) electrons. The Hall–Kier alpha value is -3.61. The summed E-state index contributed by atoms with van der Waals surface area (Å²) in [5, 5.41) is 11.2. The molecular weight excluding hydrogens is 727 g/mol. The van der Waals surface area contributed by atoms with Gasteiger partial charge in [0.25, 0.3) is 0 Å². The van der Waals surface area contributed by atoms with Crippen molar-refractivity contribution in [1.82, 2.24) is 0 Å². The van der Waals surface area contributed by atoms with Crippen LogP contribution in [0.2, 0.25) is 0 Å². The van der Waals surface area contributed by atoms with Crippen molar-refractivity contribution in [2.45, 2.75) is 50.4 Å². The van der Waals surface area contributed by atoms with E-state index in [0.29, 0.717) is 23.7 Å². The average Bonchev–Trinajstić information content (AvgIpc) is 3.91. The van der Waals surface area contributed by atoms with Gasteiger partial charge in [-0.1, -0.05) is 98.8 Å². The first-order chi connectivity index (χ1) is 23.7. The van der Waals surface area contributed by atoms with E-state index in [1.165, 1.54) is 114 Å². The van der Waals surface area contributed by atoms with Crippen LogP contribution in [0.5, 0.6) is 0 Å². The van der Waals surface area contributed by atoms with Gasteiger partial charge in [0, 0.05) is 0 Å².